The maximum atomic E-state index is 12.5. The molecule has 0 aliphatic rings. The van der Waals surface area contributed by atoms with Crippen LogP contribution in [0.2, 0.25) is 0 Å². The fourth-order valence-electron chi connectivity index (χ4n) is 1.84. The van der Waals surface area contributed by atoms with Crippen molar-refractivity contribution >= 4 is 27.2 Å². The molecule has 11 heteroatoms. The van der Waals surface area contributed by atoms with Crippen LogP contribution in [0.4, 0.5) is 20.2 Å². The Bertz CT molecular complexity index is 722. The summed E-state index contributed by atoms with van der Waals surface area (Å²) in [5, 5.41) is 19.9. The monoisotopic (exact) mass is 352 g/mol. The molecule has 1 aromatic rings. The Morgan fingerprint density at radius 3 is 2.43 bits per heavy atom. The first kappa shape index (κ1) is 18.7. The third-order valence-corrected chi connectivity index (χ3v) is 4.47. The first-order valence-corrected chi connectivity index (χ1v) is 7.77. The summed E-state index contributed by atoms with van der Waals surface area (Å²) in [6.45, 7) is 1.30. The van der Waals surface area contributed by atoms with Gasteiger partial charge in [0.1, 0.15) is 5.69 Å². The summed E-state index contributed by atoms with van der Waals surface area (Å²) in [4.78, 5) is 21.4. The van der Waals surface area contributed by atoms with Gasteiger partial charge in [-0.05, 0) is 12.1 Å². The second-order valence-corrected chi connectivity index (χ2v) is 6.75. The normalized spacial score (nSPS) is 12.9. The molecule has 23 heavy (non-hydrogen) atoms. The number of halogens is 2. The molecule has 0 bridgehead atoms. The van der Waals surface area contributed by atoms with Crippen molar-refractivity contribution < 1.29 is 32.0 Å². The van der Waals surface area contributed by atoms with Gasteiger partial charge in [0, 0.05) is 19.7 Å². The molecule has 0 heterocycles. The van der Waals surface area contributed by atoms with Crippen molar-refractivity contribution in [2.45, 2.75) is 17.6 Å². The van der Waals surface area contributed by atoms with Crippen molar-refractivity contribution in [3.8, 4) is 0 Å². The lowest BCUT2D eigenvalue weighted by atomic mass is 10.1. The minimum Gasteiger partial charge on any atom is -0.481 e. The molecule has 0 aliphatic heterocycles. The van der Waals surface area contributed by atoms with Gasteiger partial charge < -0.3 is 10.0 Å². The summed E-state index contributed by atoms with van der Waals surface area (Å²) in [6, 6.07) is 2.37. The SMILES string of the molecule is CC(CN(C)c1ccc(S(=O)(=O)C(F)F)cc1[N+](=O)[O-])C(=O)O. The summed E-state index contributed by atoms with van der Waals surface area (Å²) in [7, 11) is -3.58. The van der Waals surface area contributed by atoms with Gasteiger partial charge in [-0.2, -0.15) is 8.78 Å². The van der Waals surface area contributed by atoms with Gasteiger partial charge in [-0.25, -0.2) is 8.42 Å². The number of hydrogen-bond donors (Lipinski definition) is 1. The molecule has 1 aromatic carbocycles. The lowest BCUT2D eigenvalue weighted by Crippen LogP contribution is -2.29. The van der Waals surface area contributed by atoms with Crippen LogP contribution in [0.25, 0.3) is 0 Å². The predicted molar refractivity (Wildman–Crippen MR) is 76.4 cm³/mol. The molecule has 1 N–H and O–H groups in total. The van der Waals surface area contributed by atoms with Gasteiger partial charge in [-0.1, -0.05) is 6.92 Å². The van der Waals surface area contributed by atoms with Gasteiger partial charge in [-0.3, -0.25) is 14.9 Å². The summed E-state index contributed by atoms with van der Waals surface area (Å²) < 4.78 is 47.8. The first-order valence-electron chi connectivity index (χ1n) is 6.23. The van der Waals surface area contributed by atoms with E-state index < -0.39 is 43.0 Å². The lowest BCUT2D eigenvalue weighted by molar-refractivity contribution is -0.384. The number of alkyl halides is 2. The van der Waals surface area contributed by atoms with E-state index in [-0.39, 0.29) is 12.2 Å². The second kappa shape index (κ2) is 6.86. The fourth-order valence-corrected chi connectivity index (χ4v) is 2.58. The zero-order valence-electron chi connectivity index (χ0n) is 12.1. The maximum Gasteiger partial charge on any atom is 0.341 e. The van der Waals surface area contributed by atoms with Crippen molar-refractivity contribution in [1.29, 1.82) is 0 Å². The van der Waals surface area contributed by atoms with Gasteiger partial charge in [0.2, 0.25) is 9.84 Å². The highest BCUT2D eigenvalue weighted by Crippen LogP contribution is 2.32. The molecule has 1 atom stereocenters. The molecule has 0 spiro atoms. The molecule has 1 rings (SSSR count). The summed E-state index contributed by atoms with van der Waals surface area (Å²) >= 11 is 0. The van der Waals surface area contributed by atoms with E-state index in [9.17, 15) is 32.1 Å². The van der Waals surface area contributed by atoms with E-state index in [1.165, 1.54) is 18.9 Å². The summed E-state index contributed by atoms with van der Waals surface area (Å²) in [6.07, 6.45) is 0. The smallest absolute Gasteiger partial charge is 0.341 e. The number of carboxylic acid groups (broad SMARTS) is 1. The predicted octanol–water partition coefficient (Wildman–Crippen LogP) is 1.75. The quantitative estimate of drug-likeness (QED) is 0.586. The lowest BCUT2D eigenvalue weighted by Gasteiger charge is -2.21. The van der Waals surface area contributed by atoms with Crippen molar-refractivity contribution in [3.63, 3.8) is 0 Å². The number of nitro benzene ring substituents is 1. The largest absolute Gasteiger partial charge is 0.481 e. The number of anilines is 1. The number of carbonyl (C=O) groups is 1. The Kier molecular flexibility index (Phi) is 5.59. The zero-order valence-corrected chi connectivity index (χ0v) is 13.0. The highest BCUT2D eigenvalue weighted by Gasteiger charge is 2.30. The van der Waals surface area contributed by atoms with E-state index in [4.69, 9.17) is 5.11 Å². The van der Waals surface area contributed by atoms with Crippen molar-refractivity contribution in [1.82, 2.24) is 0 Å². The van der Waals surface area contributed by atoms with Gasteiger partial charge in [-0.15, -0.1) is 0 Å². The Balaban J connectivity index is 3.31. The number of nitro groups is 1. The molecule has 0 radical (unpaired) electrons. The van der Waals surface area contributed by atoms with Crippen molar-refractivity contribution in [3.05, 3.63) is 28.3 Å². The van der Waals surface area contributed by atoms with E-state index in [0.29, 0.717) is 6.07 Å². The molecule has 0 amide bonds. The average molecular weight is 352 g/mol. The van der Waals surface area contributed by atoms with Crippen LogP contribution in [-0.4, -0.2) is 43.8 Å². The van der Waals surface area contributed by atoms with Gasteiger partial charge in [0.05, 0.1) is 15.7 Å². The van der Waals surface area contributed by atoms with Crippen LogP contribution >= 0.6 is 0 Å². The number of benzene rings is 1. The van der Waals surface area contributed by atoms with Crippen LogP contribution in [0.15, 0.2) is 23.1 Å². The molecular weight excluding hydrogens is 338 g/mol. The third-order valence-electron chi connectivity index (χ3n) is 3.09. The number of aliphatic carboxylic acids is 1. The number of rotatable bonds is 7. The number of hydrogen-bond acceptors (Lipinski definition) is 6. The zero-order chi connectivity index (χ0) is 17.9. The molecule has 1 unspecified atom stereocenters. The molecule has 8 nitrogen and oxygen atoms in total. The molecule has 0 aliphatic carbocycles. The van der Waals surface area contributed by atoms with E-state index >= 15 is 0 Å². The van der Waals surface area contributed by atoms with E-state index in [1.807, 2.05) is 0 Å². The average Bonchev–Trinajstić information content (AvgIpc) is 2.45. The molecule has 0 fully saturated rings. The standard InChI is InChI=1S/C12H14F2N2O6S/c1-7(11(17)18)6-15(2)9-4-3-8(5-10(9)16(19)20)23(21,22)12(13)14/h3-5,7,12H,6H2,1-2H3,(H,17,18). The molecular formula is C12H14F2N2O6S. The molecule has 0 aromatic heterocycles. The highest BCUT2D eigenvalue weighted by atomic mass is 32.2. The third kappa shape index (κ3) is 4.12. The Labute approximate surface area is 130 Å². The number of sulfone groups is 1. The van der Waals surface area contributed by atoms with E-state index in [1.54, 1.807) is 0 Å². The number of carboxylic acids is 1. The Morgan fingerprint density at radius 1 is 1.43 bits per heavy atom. The van der Waals surface area contributed by atoms with Crippen molar-refractivity contribution in [2.75, 3.05) is 18.5 Å². The van der Waals surface area contributed by atoms with Crippen LogP contribution in [0, 0.1) is 16.0 Å². The van der Waals surface area contributed by atoms with Gasteiger partial charge in [0.25, 0.3) is 5.69 Å². The second-order valence-electron chi connectivity index (χ2n) is 4.83. The number of nitrogens with zero attached hydrogens (tertiary/aromatic N) is 2. The van der Waals surface area contributed by atoms with Crippen LogP contribution in [0.3, 0.4) is 0 Å². The summed E-state index contributed by atoms with van der Waals surface area (Å²) in [5.74, 6) is -5.65. The highest BCUT2D eigenvalue weighted by molar-refractivity contribution is 7.91. The van der Waals surface area contributed by atoms with Crippen LogP contribution < -0.4 is 4.90 Å². The Hall–Kier alpha value is -2.30. The first-order chi connectivity index (χ1) is 10.5. The fraction of sp³-hybridized carbons (Fsp3) is 0.417. The van der Waals surface area contributed by atoms with E-state index in [0.717, 1.165) is 12.1 Å². The van der Waals surface area contributed by atoms with E-state index in [2.05, 4.69) is 0 Å². The van der Waals surface area contributed by atoms with Crippen LogP contribution in [0.1, 0.15) is 6.92 Å². The van der Waals surface area contributed by atoms with Gasteiger partial charge in [0.15, 0.2) is 0 Å². The molecule has 0 saturated heterocycles. The van der Waals surface area contributed by atoms with Crippen LogP contribution in [-0.2, 0) is 14.6 Å². The summed E-state index contributed by atoms with van der Waals surface area (Å²) in [5.41, 5.74) is -0.775. The Morgan fingerprint density at radius 2 is 2.00 bits per heavy atom. The van der Waals surface area contributed by atoms with Crippen molar-refractivity contribution in [2.24, 2.45) is 5.92 Å². The van der Waals surface area contributed by atoms with Gasteiger partial charge >= 0.3 is 11.7 Å². The molecule has 0 saturated carbocycles. The topological polar surface area (TPSA) is 118 Å². The minimum atomic E-state index is -4.96. The minimum absolute atomic E-state index is 0.0729. The molecule has 128 valence electrons. The maximum absolute atomic E-state index is 12.5. The van der Waals surface area contributed by atoms with Crippen LogP contribution in [0.5, 0.6) is 0 Å².